The van der Waals surface area contributed by atoms with Gasteiger partial charge in [0.05, 0.1) is 18.7 Å². The van der Waals surface area contributed by atoms with Gasteiger partial charge in [-0.05, 0) is 35.7 Å². The largest absolute Gasteiger partial charge is 0.503 e. The molecule has 1 N–H and O–H groups in total. The average Bonchev–Trinajstić information content (AvgIpc) is 2.98. The summed E-state index contributed by atoms with van der Waals surface area (Å²) in [5, 5.41) is 10.7. The van der Waals surface area contributed by atoms with Crippen molar-refractivity contribution in [3.63, 3.8) is 0 Å². The van der Waals surface area contributed by atoms with Crippen molar-refractivity contribution < 1.29 is 29.0 Å². The SMILES string of the molecule is COc1cccc(N2C(=O)C(O)=C(C(=O)CC(C)C)C2c2cccc(OC(C)=O)c2)c1. The highest BCUT2D eigenvalue weighted by Crippen LogP contribution is 2.43. The van der Waals surface area contributed by atoms with E-state index >= 15 is 0 Å². The highest BCUT2D eigenvalue weighted by molar-refractivity contribution is 6.16. The smallest absolute Gasteiger partial charge is 0.308 e. The fourth-order valence-electron chi connectivity index (χ4n) is 3.63. The van der Waals surface area contributed by atoms with Gasteiger partial charge in [0, 0.05) is 25.1 Å². The number of amides is 1. The fraction of sp³-hybridized carbons (Fsp3) is 0.292. The van der Waals surface area contributed by atoms with Gasteiger partial charge in [-0.1, -0.05) is 32.0 Å². The van der Waals surface area contributed by atoms with Gasteiger partial charge < -0.3 is 14.6 Å². The summed E-state index contributed by atoms with van der Waals surface area (Å²) in [5.74, 6) is -1.20. The molecule has 0 saturated heterocycles. The van der Waals surface area contributed by atoms with Crippen molar-refractivity contribution >= 4 is 23.3 Å². The van der Waals surface area contributed by atoms with E-state index < -0.39 is 23.7 Å². The first kappa shape index (κ1) is 22.1. The van der Waals surface area contributed by atoms with Gasteiger partial charge in [0.2, 0.25) is 0 Å². The van der Waals surface area contributed by atoms with Crippen LogP contribution in [-0.2, 0) is 14.4 Å². The zero-order chi connectivity index (χ0) is 22.7. The Balaban J connectivity index is 2.16. The molecule has 1 amide bonds. The summed E-state index contributed by atoms with van der Waals surface area (Å²) in [6.45, 7) is 5.07. The Labute approximate surface area is 180 Å². The summed E-state index contributed by atoms with van der Waals surface area (Å²) in [6.07, 6.45) is 0.179. The van der Waals surface area contributed by atoms with E-state index in [0.717, 1.165) is 0 Å². The lowest BCUT2D eigenvalue weighted by Crippen LogP contribution is -2.31. The number of rotatable bonds is 7. The standard InChI is InChI=1S/C24H25NO6/c1-14(2)11-20(27)21-22(16-7-5-10-19(12-16)31-15(3)26)25(24(29)23(21)28)17-8-6-9-18(13-17)30-4/h5-10,12-14,22,28H,11H2,1-4H3. The van der Waals surface area contributed by atoms with E-state index in [1.165, 1.54) is 18.9 Å². The molecule has 162 valence electrons. The molecule has 0 radical (unpaired) electrons. The Bertz CT molecular complexity index is 1060. The van der Waals surface area contributed by atoms with E-state index in [1.807, 2.05) is 13.8 Å². The molecule has 1 heterocycles. The molecule has 2 aromatic carbocycles. The van der Waals surface area contributed by atoms with Crippen LogP contribution in [0.25, 0.3) is 0 Å². The predicted molar refractivity (Wildman–Crippen MR) is 115 cm³/mol. The molecule has 1 aliphatic heterocycles. The van der Waals surface area contributed by atoms with Crippen molar-refractivity contribution in [3.8, 4) is 11.5 Å². The minimum absolute atomic E-state index is 0.0292. The lowest BCUT2D eigenvalue weighted by Gasteiger charge is -2.27. The number of hydrogen-bond donors (Lipinski definition) is 1. The van der Waals surface area contributed by atoms with Crippen molar-refractivity contribution in [2.45, 2.75) is 33.2 Å². The lowest BCUT2D eigenvalue weighted by atomic mass is 9.92. The number of esters is 1. The van der Waals surface area contributed by atoms with E-state index in [4.69, 9.17) is 9.47 Å². The topological polar surface area (TPSA) is 93.1 Å². The Morgan fingerprint density at radius 2 is 1.77 bits per heavy atom. The van der Waals surface area contributed by atoms with E-state index in [1.54, 1.807) is 48.5 Å². The molecule has 7 nitrogen and oxygen atoms in total. The summed E-state index contributed by atoms with van der Waals surface area (Å²) < 4.78 is 10.4. The van der Waals surface area contributed by atoms with E-state index in [2.05, 4.69) is 0 Å². The second-order valence-corrected chi connectivity index (χ2v) is 7.73. The summed E-state index contributed by atoms with van der Waals surface area (Å²) in [6, 6.07) is 12.5. The minimum Gasteiger partial charge on any atom is -0.503 e. The van der Waals surface area contributed by atoms with Gasteiger partial charge in [0.15, 0.2) is 11.5 Å². The highest BCUT2D eigenvalue weighted by atomic mass is 16.5. The molecule has 7 heteroatoms. The van der Waals surface area contributed by atoms with Crippen LogP contribution >= 0.6 is 0 Å². The first-order valence-electron chi connectivity index (χ1n) is 9.95. The number of aliphatic hydroxyl groups is 1. The maximum absolute atomic E-state index is 13.1. The molecule has 0 saturated carbocycles. The second-order valence-electron chi connectivity index (χ2n) is 7.73. The number of carbonyl (C=O) groups excluding carboxylic acids is 3. The first-order chi connectivity index (χ1) is 14.7. The Morgan fingerprint density at radius 3 is 2.42 bits per heavy atom. The molecule has 0 fully saturated rings. The van der Waals surface area contributed by atoms with Crippen molar-refractivity contribution in [2.75, 3.05) is 12.0 Å². The van der Waals surface area contributed by atoms with Crippen LogP contribution in [-0.4, -0.2) is 29.9 Å². The number of hydrogen-bond acceptors (Lipinski definition) is 6. The number of nitrogens with zero attached hydrogens (tertiary/aromatic N) is 1. The van der Waals surface area contributed by atoms with Crippen molar-refractivity contribution in [1.82, 2.24) is 0 Å². The van der Waals surface area contributed by atoms with Gasteiger partial charge in [-0.2, -0.15) is 0 Å². The second kappa shape index (κ2) is 9.04. The molecule has 3 rings (SSSR count). The van der Waals surface area contributed by atoms with E-state index in [0.29, 0.717) is 17.0 Å². The molecule has 0 aromatic heterocycles. The quantitative estimate of drug-likeness (QED) is 0.532. The number of ether oxygens (including phenoxy) is 2. The van der Waals surface area contributed by atoms with Crippen LogP contribution in [0.15, 0.2) is 59.9 Å². The van der Waals surface area contributed by atoms with Gasteiger partial charge >= 0.3 is 5.97 Å². The summed E-state index contributed by atoms with van der Waals surface area (Å²) in [4.78, 5) is 38.9. The predicted octanol–water partition coefficient (Wildman–Crippen LogP) is 4.14. The lowest BCUT2D eigenvalue weighted by molar-refractivity contribution is -0.132. The highest BCUT2D eigenvalue weighted by Gasteiger charge is 2.44. The number of benzene rings is 2. The number of methoxy groups -OCH3 is 1. The van der Waals surface area contributed by atoms with Gasteiger partial charge in [0.1, 0.15) is 11.5 Å². The van der Waals surface area contributed by atoms with Crippen molar-refractivity contribution in [1.29, 1.82) is 0 Å². The Morgan fingerprint density at radius 1 is 1.10 bits per heavy atom. The zero-order valence-electron chi connectivity index (χ0n) is 17.9. The molecule has 1 atom stereocenters. The normalized spacial score (nSPS) is 16.1. The fourth-order valence-corrected chi connectivity index (χ4v) is 3.63. The van der Waals surface area contributed by atoms with Gasteiger partial charge in [-0.3, -0.25) is 19.3 Å². The molecule has 1 aliphatic rings. The molecule has 0 spiro atoms. The van der Waals surface area contributed by atoms with Crippen molar-refractivity contribution in [2.24, 2.45) is 5.92 Å². The minimum atomic E-state index is -0.874. The third-order valence-corrected chi connectivity index (χ3v) is 4.87. The maximum Gasteiger partial charge on any atom is 0.308 e. The van der Waals surface area contributed by atoms with Crippen LogP contribution in [0.2, 0.25) is 0 Å². The maximum atomic E-state index is 13.1. The van der Waals surface area contributed by atoms with Crippen LogP contribution in [0.1, 0.15) is 38.8 Å². The van der Waals surface area contributed by atoms with E-state index in [9.17, 15) is 19.5 Å². The van der Waals surface area contributed by atoms with Crippen LogP contribution in [0, 0.1) is 5.92 Å². The van der Waals surface area contributed by atoms with Crippen LogP contribution in [0.3, 0.4) is 0 Å². The number of ketones is 1. The Kier molecular flexibility index (Phi) is 6.44. The molecular weight excluding hydrogens is 398 g/mol. The molecule has 1 unspecified atom stereocenters. The van der Waals surface area contributed by atoms with Crippen LogP contribution in [0.4, 0.5) is 5.69 Å². The summed E-state index contributed by atoms with van der Waals surface area (Å²) >= 11 is 0. The zero-order valence-corrected chi connectivity index (χ0v) is 17.9. The van der Waals surface area contributed by atoms with Crippen molar-refractivity contribution in [3.05, 3.63) is 65.4 Å². The molecule has 0 bridgehead atoms. The molecule has 2 aromatic rings. The Hall–Kier alpha value is -3.61. The molecular formula is C24H25NO6. The molecule has 31 heavy (non-hydrogen) atoms. The number of aliphatic hydroxyl groups excluding tert-OH is 1. The van der Waals surface area contributed by atoms with Crippen LogP contribution < -0.4 is 14.4 Å². The van der Waals surface area contributed by atoms with E-state index in [-0.39, 0.29) is 29.4 Å². The summed E-state index contributed by atoms with van der Waals surface area (Å²) in [5.41, 5.74) is 1.03. The van der Waals surface area contributed by atoms with Gasteiger partial charge in [-0.15, -0.1) is 0 Å². The van der Waals surface area contributed by atoms with Gasteiger partial charge in [-0.25, -0.2) is 0 Å². The average molecular weight is 423 g/mol. The third kappa shape index (κ3) is 4.60. The number of carbonyl (C=O) groups is 3. The third-order valence-electron chi connectivity index (χ3n) is 4.87. The van der Waals surface area contributed by atoms with Gasteiger partial charge in [0.25, 0.3) is 5.91 Å². The monoisotopic (exact) mass is 423 g/mol. The molecule has 0 aliphatic carbocycles. The number of Topliss-reactive ketones (excluding diaryl/α,β-unsaturated/α-hetero) is 1. The summed E-state index contributed by atoms with van der Waals surface area (Å²) in [7, 11) is 1.51. The van der Waals surface area contributed by atoms with Crippen LogP contribution in [0.5, 0.6) is 11.5 Å². The number of anilines is 1. The first-order valence-corrected chi connectivity index (χ1v) is 9.95.